The third kappa shape index (κ3) is 2.41. The summed E-state index contributed by atoms with van der Waals surface area (Å²) >= 11 is 0. The van der Waals surface area contributed by atoms with Crippen molar-refractivity contribution in [3.05, 3.63) is 96.8 Å². The van der Waals surface area contributed by atoms with Gasteiger partial charge in [0.15, 0.2) is 0 Å². The first kappa shape index (κ1) is 14.7. The molecule has 0 amide bonds. The molecular formula is C22H18FN. The normalized spacial score (nSPS) is 12.5. The molecule has 0 unspecified atom stereocenters. The summed E-state index contributed by atoms with van der Waals surface area (Å²) in [7, 11) is 0. The first-order valence-corrected chi connectivity index (χ1v) is 8.12. The fourth-order valence-corrected chi connectivity index (χ4v) is 3.44. The van der Waals surface area contributed by atoms with Crippen LogP contribution in [-0.2, 0) is 6.54 Å². The third-order valence-electron chi connectivity index (χ3n) is 4.63. The highest BCUT2D eigenvalue weighted by atomic mass is 19.1. The average molecular weight is 315 g/mol. The van der Waals surface area contributed by atoms with E-state index in [1.54, 1.807) is 6.07 Å². The van der Waals surface area contributed by atoms with Gasteiger partial charge in [0.1, 0.15) is 5.82 Å². The Kier molecular flexibility index (Phi) is 3.66. The smallest absolute Gasteiger partial charge is 0.123 e. The van der Waals surface area contributed by atoms with Crippen LogP contribution in [0.3, 0.4) is 0 Å². The molecule has 0 spiro atoms. The second-order valence-electron chi connectivity index (χ2n) is 6.04. The van der Waals surface area contributed by atoms with Crippen LogP contribution >= 0.6 is 0 Å². The zero-order chi connectivity index (χ0) is 16.5. The largest absolute Gasteiger partial charge is 0.340 e. The predicted molar refractivity (Wildman–Crippen MR) is 98.8 cm³/mol. The van der Waals surface area contributed by atoms with E-state index in [1.807, 2.05) is 42.5 Å². The van der Waals surface area contributed by atoms with Crippen molar-refractivity contribution >= 4 is 21.8 Å². The van der Waals surface area contributed by atoms with Crippen LogP contribution in [0.4, 0.5) is 4.39 Å². The maximum atomic E-state index is 13.7. The first-order chi connectivity index (χ1) is 11.8. The molecule has 1 atom stereocenters. The molecular weight excluding hydrogens is 297 g/mol. The van der Waals surface area contributed by atoms with E-state index in [2.05, 4.69) is 35.4 Å². The Labute approximate surface area is 140 Å². The van der Waals surface area contributed by atoms with Gasteiger partial charge in [-0.3, -0.25) is 0 Å². The summed E-state index contributed by atoms with van der Waals surface area (Å²) in [5, 5.41) is 2.05. The Morgan fingerprint density at radius 3 is 2.38 bits per heavy atom. The van der Waals surface area contributed by atoms with Crippen molar-refractivity contribution in [1.29, 1.82) is 0 Å². The molecule has 0 bridgehead atoms. The molecule has 1 heterocycles. The van der Waals surface area contributed by atoms with E-state index in [-0.39, 0.29) is 11.7 Å². The molecule has 3 aromatic carbocycles. The second-order valence-corrected chi connectivity index (χ2v) is 6.04. The number of nitrogens with zero attached hydrogens (tertiary/aromatic N) is 1. The van der Waals surface area contributed by atoms with E-state index >= 15 is 0 Å². The van der Waals surface area contributed by atoms with Crippen LogP contribution in [0.5, 0.6) is 0 Å². The summed E-state index contributed by atoms with van der Waals surface area (Å²) in [6, 6.07) is 23.6. The Morgan fingerprint density at radius 1 is 0.875 bits per heavy atom. The molecule has 0 N–H and O–H groups in total. The van der Waals surface area contributed by atoms with Gasteiger partial charge in [0, 0.05) is 34.3 Å². The Bertz CT molecular complexity index is 1010. The molecule has 0 saturated heterocycles. The number of fused-ring (bicyclic) bond motifs is 3. The maximum absolute atomic E-state index is 13.7. The molecule has 118 valence electrons. The lowest BCUT2D eigenvalue weighted by molar-refractivity contribution is 0.629. The van der Waals surface area contributed by atoms with Crippen molar-refractivity contribution in [2.75, 3.05) is 0 Å². The highest BCUT2D eigenvalue weighted by Gasteiger charge is 2.15. The Balaban J connectivity index is 1.90. The monoisotopic (exact) mass is 315 g/mol. The molecule has 4 rings (SSSR count). The molecule has 1 nitrogen and oxygen atoms in total. The van der Waals surface area contributed by atoms with Crippen LogP contribution in [0, 0.1) is 5.82 Å². The minimum atomic E-state index is -0.200. The van der Waals surface area contributed by atoms with Crippen molar-refractivity contribution < 1.29 is 4.39 Å². The number of aromatic nitrogens is 1. The van der Waals surface area contributed by atoms with Crippen molar-refractivity contribution in [2.24, 2.45) is 0 Å². The minimum absolute atomic E-state index is 0.200. The molecule has 24 heavy (non-hydrogen) atoms. The zero-order valence-corrected chi connectivity index (χ0v) is 13.3. The zero-order valence-electron chi connectivity index (χ0n) is 13.3. The lowest BCUT2D eigenvalue weighted by Crippen LogP contribution is -2.07. The standard InChI is InChI=1S/C22H18FN/c1-2-16(17-8-4-3-5-9-17)15-24-21-11-7-6-10-19(21)20-14-18(23)12-13-22(20)24/h2-14,16H,1,15H2/t16-/m1/s1. The van der Waals surface area contributed by atoms with E-state index in [0.29, 0.717) is 0 Å². The quantitative estimate of drug-likeness (QED) is 0.413. The number of para-hydroxylation sites is 1. The van der Waals surface area contributed by atoms with Gasteiger partial charge in [-0.2, -0.15) is 0 Å². The maximum Gasteiger partial charge on any atom is 0.123 e. The Morgan fingerprint density at radius 2 is 1.58 bits per heavy atom. The molecule has 0 saturated carbocycles. The average Bonchev–Trinajstić information content (AvgIpc) is 2.93. The SMILES string of the molecule is C=C[C@H](Cn1c2ccccc2c2cc(F)ccc21)c1ccccc1. The topological polar surface area (TPSA) is 4.93 Å². The molecule has 0 aliphatic heterocycles. The van der Waals surface area contributed by atoms with E-state index in [1.165, 1.54) is 11.6 Å². The Hall–Kier alpha value is -2.87. The van der Waals surface area contributed by atoms with Crippen LogP contribution in [0.15, 0.2) is 85.5 Å². The fourth-order valence-electron chi connectivity index (χ4n) is 3.44. The number of benzene rings is 3. The molecule has 1 aromatic heterocycles. The summed E-state index contributed by atoms with van der Waals surface area (Å²) in [6.45, 7) is 4.80. The number of rotatable bonds is 4. The lowest BCUT2D eigenvalue weighted by atomic mass is 9.99. The highest BCUT2D eigenvalue weighted by Crippen LogP contribution is 2.32. The minimum Gasteiger partial charge on any atom is -0.340 e. The molecule has 2 heteroatoms. The fraction of sp³-hybridized carbons (Fsp3) is 0.0909. The summed E-state index contributed by atoms with van der Waals surface area (Å²) in [6.07, 6.45) is 1.99. The van der Waals surface area contributed by atoms with Gasteiger partial charge in [-0.25, -0.2) is 4.39 Å². The highest BCUT2D eigenvalue weighted by molar-refractivity contribution is 6.08. The number of allylic oxidation sites excluding steroid dienone is 1. The second kappa shape index (κ2) is 5.97. The van der Waals surface area contributed by atoms with E-state index in [4.69, 9.17) is 0 Å². The van der Waals surface area contributed by atoms with E-state index < -0.39 is 0 Å². The number of hydrogen-bond donors (Lipinski definition) is 0. The van der Waals surface area contributed by atoms with Crippen LogP contribution in [0.2, 0.25) is 0 Å². The van der Waals surface area contributed by atoms with Crippen LogP contribution in [-0.4, -0.2) is 4.57 Å². The van der Waals surface area contributed by atoms with Gasteiger partial charge in [-0.15, -0.1) is 6.58 Å². The van der Waals surface area contributed by atoms with Crippen LogP contribution in [0.25, 0.3) is 21.8 Å². The summed E-state index contributed by atoms with van der Waals surface area (Å²) in [4.78, 5) is 0. The molecule has 0 radical (unpaired) electrons. The molecule has 0 aliphatic rings. The molecule has 0 fully saturated rings. The van der Waals surface area contributed by atoms with Gasteiger partial charge in [0.25, 0.3) is 0 Å². The van der Waals surface area contributed by atoms with E-state index in [9.17, 15) is 4.39 Å². The number of hydrogen-bond acceptors (Lipinski definition) is 0. The molecule has 0 aliphatic carbocycles. The van der Waals surface area contributed by atoms with Gasteiger partial charge < -0.3 is 4.57 Å². The van der Waals surface area contributed by atoms with Crippen molar-refractivity contribution in [1.82, 2.24) is 4.57 Å². The van der Waals surface area contributed by atoms with Gasteiger partial charge >= 0.3 is 0 Å². The third-order valence-corrected chi connectivity index (χ3v) is 4.63. The van der Waals surface area contributed by atoms with Gasteiger partial charge in [0.2, 0.25) is 0 Å². The van der Waals surface area contributed by atoms with Gasteiger partial charge in [0.05, 0.1) is 0 Å². The summed E-state index contributed by atoms with van der Waals surface area (Å²) < 4.78 is 16.0. The van der Waals surface area contributed by atoms with Crippen molar-refractivity contribution in [3.8, 4) is 0 Å². The number of halogens is 1. The van der Waals surface area contributed by atoms with Crippen molar-refractivity contribution in [2.45, 2.75) is 12.5 Å². The van der Waals surface area contributed by atoms with E-state index in [0.717, 1.165) is 28.4 Å². The summed E-state index contributed by atoms with van der Waals surface area (Å²) in [5.41, 5.74) is 3.42. The first-order valence-electron chi connectivity index (χ1n) is 8.12. The molecule has 4 aromatic rings. The van der Waals surface area contributed by atoms with Crippen LogP contribution in [0.1, 0.15) is 11.5 Å². The van der Waals surface area contributed by atoms with Crippen molar-refractivity contribution in [3.63, 3.8) is 0 Å². The predicted octanol–water partition coefficient (Wildman–Crippen LogP) is 5.90. The summed E-state index contributed by atoms with van der Waals surface area (Å²) in [5.74, 6) is 0.00370. The van der Waals surface area contributed by atoms with Gasteiger partial charge in [-0.05, 0) is 29.8 Å². The van der Waals surface area contributed by atoms with Gasteiger partial charge in [-0.1, -0.05) is 54.6 Å². The lowest BCUT2D eigenvalue weighted by Gasteiger charge is -2.16. The van der Waals surface area contributed by atoms with Crippen LogP contribution < -0.4 is 0 Å².